The van der Waals surface area contributed by atoms with Crippen LogP contribution in [0.25, 0.3) is 0 Å². The van der Waals surface area contributed by atoms with E-state index in [2.05, 4.69) is 45.0 Å². The molecule has 1 N–H and O–H groups in total. The number of sulfonamides is 1. The summed E-state index contributed by atoms with van der Waals surface area (Å²) >= 11 is 9.22. The molecule has 0 bridgehead atoms. The molecule has 1 aliphatic heterocycles. The van der Waals surface area contributed by atoms with Gasteiger partial charge in [-0.25, -0.2) is 13.4 Å². The Bertz CT molecular complexity index is 809. The van der Waals surface area contributed by atoms with Crippen molar-refractivity contribution in [3.63, 3.8) is 0 Å². The van der Waals surface area contributed by atoms with Gasteiger partial charge in [-0.15, -0.1) is 0 Å². The molecule has 0 radical (unpaired) electrons. The molecular formula is C18H28BrClN4O3S. The highest BCUT2D eigenvalue weighted by molar-refractivity contribution is 9.10. The van der Waals surface area contributed by atoms with Gasteiger partial charge in [-0.2, -0.15) is 4.31 Å². The molecule has 2 heterocycles. The molecule has 1 aliphatic rings. The summed E-state index contributed by atoms with van der Waals surface area (Å²) in [7, 11) is 0.272. The van der Waals surface area contributed by atoms with E-state index in [0.29, 0.717) is 23.9 Å². The number of pyridine rings is 1. The largest absolute Gasteiger partial charge is 0.355 e. The highest BCUT2D eigenvalue weighted by Gasteiger charge is 2.34. The number of piperidine rings is 1. The molecule has 0 unspecified atom stereocenters. The molecule has 1 aromatic heterocycles. The summed E-state index contributed by atoms with van der Waals surface area (Å²) in [6, 6.07) is 1.45. The Morgan fingerprint density at radius 2 is 2.00 bits per heavy atom. The van der Waals surface area contributed by atoms with Crippen LogP contribution in [0.1, 0.15) is 26.7 Å². The van der Waals surface area contributed by atoms with Gasteiger partial charge >= 0.3 is 0 Å². The van der Waals surface area contributed by atoms with E-state index in [1.54, 1.807) is 0 Å². The minimum Gasteiger partial charge on any atom is -0.355 e. The van der Waals surface area contributed by atoms with Gasteiger partial charge in [0.25, 0.3) is 0 Å². The molecule has 1 aromatic rings. The second-order valence-electron chi connectivity index (χ2n) is 8.24. The maximum atomic E-state index is 12.9. The summed E-state index contributed by atoms with van der Waals surface area (Å²) in [4.78, 5) is 18.5. The molecule has 1 amide bonds. The van der Waals surface area contributed by atoms with Crippen molar-refractivity contribution in [3.8, 4) is 0 Å². The molecular weight excluding hydrogens is 468 g/mol. The lowest BCUT2D eigenvalue weighted by atomic mass is 9.91. The molecule has 10 heteroatoms. The Balaban J connectivity index is 1.95. The van der Waals surface area contributed by atoms with E-state index in [9.17, 15) is 13.2 Å². The first-order chi connectivity index (χ1) is 12.9. The summed E-state index contributed by atoms with van der Waals surface area (Å²) in [5.41, 5.74) is -0.0341. The van der Waals surface area contributed by atoms with Crippen molar-refractivity contribution in [3.05, 3.63) is 21.9 Å². The Morgan fingerprint density at radius 3 is 2.57 bits per heavy atom. The summed E-state index contributed by atoms with van der Waals surface area (Å²) in [6.45, 7) is 6.23. The van der Waals surface area contributed by atoms with E-state index in [-0.39, 0.29) is 40.4 Å². The second kappa shape index (κ2) is 9.38. The third-order valence-corrected chi connectivity index (χ3v) is 7.46. The maximum Gasteiger partial charge on any atom is 0.246 e. The van der Waals surface area contributed by atoms with Gasteiger partial charge in [0.1, 0.15) is 10.0 Å². The number of carbonyl (C=O) groups excluding carboxylic acids is 1. The van der Waals surface area contributed by atoms with Crippen molar-refractivity contribution in [2.24, 2.45) is 11.3 Å². The van der Waals surface area contributed by atoms with E-state index in [1.165, 1.54) is 16.6 Å². The topological polar surface area (TPSA) is 82.6 Å². The molecule has 2 rings (SSSR count). The van der Waals surface area contributed by atoms with Gasteiger partial charge in [0, 0.05) is 42.8 Å². The van der Waals surface area contributed by atoms with Gasteiger partial charge in [-0.3, -0.25) is 4.79 Å². The van der Waals surface area contributed by atoms with Gasteiger partial charge in [0.05, 0.1) is 0 Å². The molecule has 0 aromatic carbocycles. The van der Waals surface area contributed by atoms with Crippen molar-refractivity contribution < 1.29 is 13.2 Å². The average molecular weight is 496 g/mol. The zero-order chi connectivity index (χ0) is 21.1. The predicted octanol–water partition coefficient (Wildman–Crippen LogP) is 2.60. The summed E-state index contributed by atoms with van der Waals surface area (Å²) in [5, 5.41) is 2.98. The number of hydrogen-bond donors (Lipinski definition) is 1. The number of hydrogen-bond acceptors (Lipinski definition) is 5. The van der Waals surface area contributed by atoms with Crippen molar-refractivity contribution in [1.82, 2.24) is 19.5 Å². The van der Waals surface area contributed by atoms with Gasteiger partial charge in [-0.05, 0) is 54.3 Å². The molecule has 28 heavy (non-hydrogen) atoms. The van der Waals surface area contributed by atoms with Crippen LogP contribution in [-0.2, 0) is 14.8 Å². The van der Waals surface area contributed by atoms with Gasteiger partial charge in [0.15, 0.2) is 0 Å². The highest BCUT2D eigenvalue weighted by atomic mass is 79.9. The first kappa shape index (κ1) is 23.5. The number of nitrogens with zero attached hydrogens (tertiary/aromatic N) is 3. The van der Waals surface area contributed by atoms with Crippen LogP contribution in [0, 0.1) is 11.3 Å². The average Bonchev–Trinajstić information content (AvgIpc) is 2.60. The Kier molecular flexibility index (Phi) is 7.89. The Labute approximate surface area is 181 Å². The first-order valence-electron chi connectivity index (χ1n) is 9.16. The number of carbonyl (C=O) groups is 1. The highest BCUT2D eigenvalue weighted by Crippen LogP contribution is 2.29. The standard InChI is InChI=1S/C18H28BrClN4O3S/c1-18(2,12-23(3)4)11-22-17(25)13-5-7-24(8-6-13)28(26,27)15-9-14(19)10-21-16(15)20/h9-10,13H,5-8,11-12H2,1-4H3,(H,22,25). The van der Waals surface area contributed by atoms with Crippen LogP contribution in [0.4, 0.5) is 0 Å². The number of aromatic nitrogens is 1. The van der Waals surface area contributed by atoms with Gasteiger partial charge < -0.3 is 10.2 Å². The number of nitrogens with one attached hydrogen (secondary N) is 1. The molecule has 0 aliphatic carbocycles. The van der Waals surface area contributed by atoms with E-state index >= 15 is 0 Å². The Morgan fingerprint density at radius 1 is 1.39 bits per heavy atom. The quantitative estimate of drug-likeness (QED) is 0.588. The summed E-state index contributed by atoms with van der Waals surface area (Å²) < 4.78 is 27.7. The van der Waals surface area contributed by atoms with Crippen LogP contribution >= 0.6 is 27.5 Å². The lowest BCUT2D eigenvalue weighted by Crippen LogP contribution is -2.46. The van der Waals surface area contributed by atoms with Gasteiger partial charge in [0.2, 0.25) is 15.9 Å². The second-order valence-corrected chi connectivity index (χ2v) is 11.4. The fourth-order valence-corrected chi connectivity index (χ4v) is 5.85. The summed E-state index contributed by atoms with van der Waals surface area (Å²) in [6.07, 6.45) is 2.42. The first-order valence-corrected chi connectivity index (χ1v) is 11.8. The normalized spacial score (nSPS) is 17.1. The lowest BCUT2D eigenvalue weighted by molar-refractivity contribution is -0.126. The molecule has 0 saturated carbocycles. The molecule has 7 nitrogen and oxygen atoms in total. The van der Waals surface area contributed by atoms with Crippen LogP contribution in [-0.4, -0.2) is 68.8 Å². The van der Waals surface area contributed by atoms with Crippen molar-refractivity contribution in [2.45, 2.75) is 31.6 Å². The number of halogens is 2. The minimum atomic E-state index is -3.74. The minimum absolute atomic E-state index is 0.00830. The molecule has 1 fully saturated rings. The zero-order valence-corrected chi connectivity index (χ0v) is 19.9. The van der Waals surface area contributed by atoms with Crippen molar-refractivity contribution in [2.75, 3.05) is 40.3 Å². The van der Waals surface area contributed by atoms with E-state index in [0.717, 1.165) is 6.54 Å². The van der Waals surface area contributed by atoms with Gasteiger partial charge in [-0.1, -0.05) is 25.4 Å². The molecule has 1 saturated heterocycles. The van der Waals surface area contributed by atoms with E-state index in [4.69, 9.17) is 11.6 Å². The molecule has 158 valence electrons. The number of amides is 1. The van der Waals surface area contributed by atoms with Crippen molar-refractivity contribution >= 4 is 43.5 Å². The SMILES string of the molecule is CN(C)CC(C)(C)CNC(=O)C1CCN(S(=O)(=O)c2cc(Br)cnc2Cl)CC1. The Hall–Kier alpha value is -0.740. The summed E-state index contributed by atoms with van der Waals surface area (Å²) in [5.74, 6) is -0.191. The monoisotopic (exact) mass is 494 g/mol. The van der Waals surface area contributed by atoms with Crippen molar-refractivity contribution in [1.29, 1.82) is 0 Å². The predicted molar refractivity (Wildman–Crippen MR) is 114 cm³/mol. The lowest BCUT2D eigenvalue weighted by Gasteiger charge is -2.32. The van der Waals surface area contributed by atoms with Crippen LogP contribution in [0.5, 0.6) is 0 Å². The number of rotatable bonds is 7. The fraction of sp³-hybridized carbons (Fsp3) is 0.667. The van der Waals surface area contributed by atoms with Crippen LogP contribution in [0.3, 0.4) is 0 Å². The third-order valence-electron chi connectivity index (χ3n) is 4.70. The van der Waals surface area contributed by atoms with Crippen LogP contribution in [0.2, 0.25) is 5.15 Å². The van der Waals surface area contributed by atoms with E-state index < -0.39 is 10.0 Å². The van der Waals surface area contributed by atoms with Crippen LogP contribution < -0.4 is 5.32 Å². The fourth-order valence-electron chi connectivity index (χ4n) is 3.47. The third kappa shape index (κ3) is 6.13. The maximum absolute atomic E-state index is 12.9. The zero-order valence-electron chi connectivity index (χ0n) is 16.7. The van der Waals surface area contributed by atoms with E-state index in [1.807, 2.05) is 14.1 Å². The smallest absolute Gasteiger partial charge is 0.246 e. The molecule has 0 spiro atoms. The molecule has 0 atom stereocenters. The van der Waals surface area contributed by atoms with Crippen LogP contribution in [0.15, 0.2) is 21.6 Å².